The van der Waals surface area contributed by atoms with Gasteiger partial charge in [-0.15, -0.1) is 0 Å². The summed E-state index contributed by atoms with van der Waals surface area (Å²) in [5.41, 5.74) is 6.75. The van der Waals surface area contributed by atoms with Gasteiger partial charge in [-0.3, -0.25) is 4.90 Å². The summed E-state index contributed by atoms with van der Waals surface area (Å²) in [5.74, 6) is -0.192. The Bertz CT molecular complexity index is 397. The zero-order chi connectivity index (χ0) is 13.0. The summed E-state index contributed by atoms with van der Waals surface area (Å²) >= 11 is 0. The van der Waals surface area contributed by atoms with Gasteiger partial charge in [-0.1, -0.05) is 24.6 Å². The van der Waals surface area contributed by atoms with Gasteiger partial charge >= 0.3 is 0 Å². The second kappa shape index (κ2) is 6.27. The molecule has 1 aromatic carbocycles. The molecule has 4 heteroatoms. The van der Waals surface area contributed by atoms with Crippen molar-refractivity contribution in [3.63, 3.8) is 0 Å². The molecule has 0 aliphatic carbocycles. The third-order valence-electron chi connectivity index (χ3n) is 3.71. The first-order valence-electron chi connectivity index (χ1n) is 6.57. The minimum atomic E-state index is -0.192. The highest BCUT2D eigenvalue weighted by Gasteiger charge is 2.22. The van der Waals surface area contributed by atoms with Crippen LogP contribution >= 0.6 is 0 Å². The smallest absolute Gasteiger partial charge is 0.132 e. The van der Waals surface area contributed by atoms with Crippen LogP contribution in [-0.4, -0.2) is 29.2 Å². The number of likely N-dealkylation sites (tertiary alicyclic amines) is 1. The zero-order valence-electron chi connectivity index (χ0n) is 10.6. The lowest BCUT2D eigenvalue weighted by Gasteiger charge is -2.34. The average molecular weight is 252 g/mol. The highest BCUT2D eigenvalue weighted by Crippen LogP contribution is 2.21. The number of hydrogen-bond acceptors (Lipinski definition) is 3. The molecule has 1 aromatic rings. The molecule has 0 radical (unpaired) electrons. The Morgan fingerprint density at radius 1 is 1.33 bits per heavy atom. The third kappa shape index (κ3) is 2.88. The number of aliphatic hydroxyl groups is 1. The summed E-state index contributed by atoms with van der Waals surface area (Å²) in [7, 11) is 0. The van der Waals surface area contributed by atoms with E-state index in [1.807, 2.05) is 6.07 Å². The second-order valence-electron chi connectivity index (χ2n) is 4.90. The molecule has 18 heavy (non-hydrogen) atoms. The third-order valence-corrected chi connectivity index (χ3v) is 3.71. The highest BCUT2D eigenvalue weighted by atomic mass is 19.1. The molecule has 1 aliphatic rings. The van der Waals surface area contributed by atoms with Gasteiger partial charge in [-0.25, -0.2) is 4.39 Å². The molecule has 1 unspecified atom stereocenters. The van der Waals surface area contributed by atoms with E-state index in [1.165, 1.54) is 0 Å². The normalized spacial score (nSPS) is 21.2. The van der Waals surface area contributed by atoms with Gasteiger partial charge in [0.15, 0.2) is 0 Å². The van der Waals surface area contributed by atoms with Crippen molar-refractivity contribution in [1.82, 2.24) is 4.90 Å². The van der Waals surface area contributed by atoms with Crippen molar-refractivity contribution in [2.24, 2.45) is 5.73 Å². The first kappa shape index (κ1) is 13.5. The van der Waals surface area contributed by atoms with Crippen LogP contribution < -0.4 is 5.73 Å². The Hall–Kier alpha value is -0.970. The Morgan fingerprint density at radius 3 is 2.83 bits per heavy atom. The predicted molar refractivity (Wildman–Crippen MR) is 69.4 cm³/mol. The maximum absolute atomic E-state index is 14.1. The quantitative estimate of drug-likeness (QED) is 0.856. The summed E-state index contributed by atoms with van der Waals surface area (Å²) < 4.78 is 14.1. The van der Waals surface area contributed by atoms with E-state index in [0.717, 1.165) is 25.8 Å². The predicted octanol–water partition coefficient (Wildman–Crippen LogP) is 1.63. The molecule has 1 atom stereocenters. The number of nitrogens with zero attached hydrogens (tertiary/aromatic N) is 1. The van der Waals surface area contributed by atoms with Gasteiger partial charge in [0.25, 0.3) is 0 Å². The lowest BCUT2D eigenvalue weighted by molar-refractivity contribution is 0.0831. The fourth-order valence-electron chi connectivity index (χ4n) is 2.61. The SMILES string of the molecule is NCc1cccc(CN2CCCCC2CO)c1F. The molecule has 1 heterocycles. The van der Waals surface area contributed by atoms with Crippen molar-refractivity contribution < 1.29 is 9.50 Å². The average Bonchev–Trinajstić information content (AvgIpc) is 2.42. The molecule has 3 N–H and O–H groups in total. The maximum atomic E-state index is 14.1. The molecule has 0 aromatic heterocycles. The van der Waals surface area contributed by atoms with Crippen molar-refractivity contribution in [3.05, 3.63) is 35.1 Å². The van der Waals surface area contributed by atoms with Crippen LogP contribution in [0.3, 0.4) is 0 Å². The molecular weight excluding hydrogens is 231 g/mol. The fourth-order valence-corrected chi connectivity index (χ4v) is 2.61. The Balaban J connectivity index is 2.12. The van der Waals surface area contributed by atoms with Crippen LogP contribution in [0.15, 0.2) is 18.2 Å². The molecular formula is C14H21FN2O. The largest absolute Gasteiger partial charge is 0.395 e. The summed E-state index contributed by atoms with van der Waals surface area (Å²) in [6.07, 6.45) is 3.26. The van der Waals surface area contributed by atoms with E-state index < -0.39 is 0 Å². The van der Waals surface area contributed by atoms with Crippen molar-refractivity contribution in [1.29, 1.82) is 0 Å². The number of aliphatic hydroxyl groups excluding tert-OH is 1. The summed E-state index contributed by atoms with van der Waals surface area (Å²) in [6, 6.07) is 5.54. The number of rotatable bonds is 4. The van der Waals surface area contributed by atoms with Crippen LogP contribution in [0.1, 0.15) is 30.4 Å². The van der Waals surface area contributed by atoms with E-state index in [0.29, 0.717) is 17.7 Å². The van der Waals surface area contributed by atoms with Gasteiger partial charge < -0.3 is 10.8 Å². The molecule has 0 saturated carbocycles. The topological polar surface area (TPSA) is 49.5 Å². The van der Waals surface area contributed by atoms with Gasteiger partial charge in [-0.2, -0.15) is 0 Å². The first-order chi connectivity index (χ1) is 8.76. The van der Waals surface area contributed by atoms with Crippen molar-refractivity contribution in [3.8, 4) is 0 Å². The molecule has 1 aliphatic heterocycles. The highest BCUT2D eigenvalue weighted by molar-refractivity contribution is 5.26. The second-order valence-corrected chi connectivity index (χ2v) is 4.90. The number of nitrogens with two attached hydrogens (primary N) is 1. The molecule has 0 spiro atoms. The van der Waals surface area contributed by atoms with Crippen molar-refractivity contribution >= 4 is 0 Å². The Labute approximate surface area is 107 Å². The molecule has 2 rings (SSSR count). The van der Waals surface area contributed by atoms with Crippen LogP contribution in [0.5, 0.6) is 0 Å². The van der Waals surface area contributed by atoms with Crippen LogP contribution in [0.4, 0.5) is 4.39 Å². The lowest BCUT2D eigenvalue weighted by atomic mass is 10.0. The standard InChI is InChI=1S/C14H21FN2O/c15-14-11(8-16)4-3-5-12(14)9-17-7-2-1-6-13(17)10-18/h3-5,13,18H,1-2,6-10,16H2. The van der Waals surface area contributed by atoms with Gasteiger partial charge in [0, 0.05) is 30.3 Å². The van der Waals surface area contributed by atoms with Crippen LogP contribution in [-0.2, 0) is 13.1 Å². The van der Waals surface area contributed by atoms with Crippen LogP contribution in [0.25, 0.3) is 0 Å². The minimum absolute atomic E-state index is 0.151. The number of hydrogen-bond donors (Lipinski definition) is 2. The summed E-state index contributed by atoms with van der Waals surface area (Å²) in [6.45, 7) is 1.86. The van der Waals surface area contributed by atoms with Crippen LogP contribution in [0.2, 0.25) is 0 Å². The molecule has 3 nitrogen and oxygen atoms in total. The lowest BCUT2D eigenvalue weighted by Crippen LogP contribution is -2.41. The molecule has 0 bridgehead atoms. The molecule has 100 valence electrons. The van der Waals surface area contributed by atoms with E-state index in [-0.39, 0.29) is 25.0 Å². The Morgan fingerprint density at radius 2 is 2.11 bits per heavy atom. The number of halogens is 1. The van der Waals surface area contributed by atoms with Crippen LogP contribution in [0, 0.1) is 5.82 Å². The molecule has 1 fully saturated rings. The van der Waals surface area contributed by atoms with Gasteiger partial charge in [0.2, 0.25) is 0 Å². The molecule has 1 saturated heterocycles. The monoisotopic (exact) mass is 252 g/mol. The fraction of sp³-hybridized carbons (Fsp3) is 0.571. The first-order valence-corrected chi connectivity index (χ1v) is 6.57. The van der Waals surface area contributed by atoms with E-state index in [9.17, 15) is 9.50 Å². The van der Waals surface area contributed by atoms with Crippen molar-refractivity contribution in [2.45, 2.75) is 38.4 Å². The van der Waals surface area contributed by atoms with E-state index >= 15 is 0 Å². The summed E-state index contributed by atoms with van der Waals surface area (Å²) in [4.78, 5) is 2.17. The maximum Gasteiger partial charge on any atom is 0.132 e. The van der Waals surface area contributed by atoms with E-state index in [2.05, 4.69) is 4.90 Å². The molecule has 0 amide bonds. The van der Waals surface area contributed by atoms with Crippen molar-refractivity contribution in [2.75, 3.05) is 13.2 Å². The Kier molecular flexibility index (Phi) is 4.69. The zero-order valence-corrected chi connectivity index (χ0v) is 10.6. The minimum Gasteiger partial charge on any atom is -0.395 e. The van der Waals surface area contributed by atoms with E-state index in [4.69, 9.17) is 5.73 Å². The number of piperidine rings is 1. The van der Waals surface area contributed by atoms with E-state index in [1.54, 1.807) is 12.1 Å². The van der Waals surface area contributed by atoms with Gasteiger partial charge in [0.1, 0.15) is 5.82 Å². The summed E-state index contributed by atoms with van der Waals surface area (Å²) in [5, 5.41) is 9.35. The van der Waals surface area contributed by atoms with Gasteiger partial charge in [-0.05, 0) is 19.4 Å². The number of benzene rings is 1. The van der Waals surface area contributed by atoms with Gasteiger partial charge in [0.05, 0.1) is 6.61 Å².